The summed E-state index contributed by atoms with van der Waals surface area (Å²) in [5.74, 6) is 0.0775. The lowest BCUT2D eigenvalue weighted by atomic mass is 9.71. The molecule has 3 atom stereocenters. The molecule has 0 radical (unpaired) electrons. The number of nitrogens with one attached hydrogen (secondary N) is 2. The van der Waals surface area contributed by atoms with Crippen LogP contribution in [-0.4, -0.2) is 33.7 Å². The maximum atomic E-state index is 12.4. The van der Waals surface area contributed by atoms with E-state index < -0.39 is 5.97 Å². The Morgan fingerprint density at radius 3 is 2.75 bits per heavy atom. The number of aromatic amines is 1. The Hall–Kier alpha value is -2.63. The molecule has 1 aromatic heterocycles. The van der Waals surface area contributed by atoms with Gasteiger partial charge in [0.15, 0.2) is 5.69 Å². The Morgan fingerprint density at radius 2 is 2.08 bits per heavy atom. The highest BCUT2D eigenvalue weighted by Crippen LogP contribution is 2.74. The molecular formula is C18H19N3O3. The number of carboxylic acid groups (broad SMARTS) is 1. The summed E-state index contributed by atoms with van der Waals surface area (Å²) in [6.45, 7) is 0.491. The van der Waals surface area contributed by atoms with E-state index in [0.29, 0.717) is 30.5 Å². The van der Waals surface area contributed by atoms with Gasteiger partial charge in [0.05, 0.1) is 5.41 Å². The van der Waals surface area contributed by atoms with Gasteiger partial charge in [0.1, 0.15) is 0 Å². The first kappa shape index (κ1) is 14.9. The van der Waals surface area contributed by atoms with E-state index in [4.69, 9.17) is 5.11 Å². The van der Waals surface area contributed by atoms with E-state index >= 15 is 0 Å². The summed E-state index contributed by atoms with van der Waals surface area (Å²) >= 11 is 0. The van der Waals surface area contributed by atoms with E-state index in [2.05, 4.69) is 27.6 Å². The number of hydrogen-bond donors (Lipinski definition) is 3. The molecular weight excluding hydrogens is 306 g/mol. The molecule has 0 saturated heterocycles. The van der Waals surface area contributed by atoms with E-state index in [1.54, 1.807) is 0 Å². The zero-order valence-electron chi connectivity index (χ0n) is 13.2. The minimum atomic E-state index is -1.05. The van der Waals surface area contributed by atoms with Crippen molar-refractivity contribution in [2.75, 3.05) is 6.54 Å². The average Bonchev–Trinajstić information content (AvgIpc) is 2.95. The molecule has 2 saturated carbocycles. The molecule has 0 spiro atoms. The molecule has 4 rings (SSSR count). The molecule has 6 heteroatoms. The molecule has 124 valence electrons. The van der Waals surface area contributed by atoms with E-state index in [0.717, 1.165) is 12.8 Å². The van der Waals surface area contributed by atoms with E-state index in [-0.39, 0.29) is 17.0 Å². The van der Waals surface area contributed by atoms with Gasteiger partial charge in [-0.25, -0.2) is 4.79 Å². The predicted molar refractivity (Wildman–Crippen MR) is 86.6 cm³/mol. The zero-order chi connectivity index (χ0) is 16.7. The fourth-order valence-corrected chi connectivity index (χ4v) is 3.96. The smallest absolute Gasteiger partial charge is 0.356 e. The number of rotatable bonds is 6. The Bertz CT molecular complexity index is 786. The number of H-pyrrole nitrogens is 1. The second-order valence-electron chi connectivity index (χ2n) is 6.78. The normalized spacial score (nSPS) is 27.0. The second-order valence-corrected chi connectivity index (χ2v) is 6.78. The molecule has 1 amide bonds. The maximum Gasteiger partial charge on any atom is 0.356 e. The number of aromatic carboxylic acids is 1. The summed E-state index contributed by atoms with van der Waals surface area (Å²) < 4.78 is 0. The summed E-state index contributed by atoms with van der Waals surface area (Å²) in [4.78, 5) is 23.2. The Morgan fingerprint density at radius 1 is 1.29 bits per heavy atom. The van der Waals surface area contributed by atoms with E-state index in [1.807, 2.05) is 18.2 Å². The first-order valence-corrected chi connectivity index (χ1v) is 8.21. The molecule has 6 nitrogen and oxygen atoms in total. The molecule has 2 aliphatic carbocycles. The minimum Gasteiger partial charge on any atom is -0.476 e. The van der Waals surface area contributed by atoms with E-state index in [9.17, 15) is 9.59 Å². The topological polar surface area (TPSA) is 95.1 Å². The SMILES string of the molecule is O=C(O)c1cc(CCNC(=O)[C@@]23C[C@H](c4ccccc4)[C@@H]2C3)[nH]n1. The number of amides is 1. The van der Waals surface area contributed by atoms with Gasteiger partial charge in [0, 0.05) is 18.7 Å². The average molecular weight is 325 g/mol. The highest BCUT2D eigenvalue weighted by Gasteiger charge is 2.71. The standard InChI is InChI=1S/C18H19N3O3/c22-16(23)15-8-12(20-21-15)6-7-19-17(24)18-9-13(14(18)10-18)11-4-2-1-3-5-11/h1-5,8,13-14H,6-7,9-10H2,(H,19,24)(H,20,21)(H,22,23)/t13-,14+,18-/m1/s1. The van der Waals surface area contributed by atoms with Crippen LogP contribution < -0.4 is 5.32 Å². The van der Waals surface area contributed by atoms with Crippen molar-refractivity contribution in [2.45, 2.75) is 25.2 Å². The van der Waals surface area contributed by atoms with Crippen LogP contribution in [0.15, 0.2) is 36.4 Å². The van der Waals surface area contributed by atoms with Crippen molar-refractivity contribution < 1.29 is 14.7 Å². The number of fused-ring (bicyclic) bond motifs is 1. The van der Waals surface area contributed by atoms with Crippen molar-refractivity contribution in [1.82, 2.24) is 15.5 Å². The molecule has 0 unspecified atom stereocenters. The van der Waals surface area contributed by atoms with Gasteiger partial charge in [-0.3, -0.25) is 9.89 Å². The molecule has 1 heterocycles. The van der Waals surface area contributed by atoms with E-state index in [1.165, 1.54) is 11.6 Å². The number of carboxylic acids is 1. The van der Waals surface area contributed by atoms with Gasteiger partial charge < -0.3 is 10.4 Å². The van der Waals surface area contributed by atoms with Crippen LogP contribution in [0.4, 0.5) is 0 Å². The van der Waals surface area contributed by atoms with Gasteiger partial charge in [-0.1, -0.05) is 30.3 Å². The summed E-state index contributed by atoms with van der Waals surface area (Å²) in [6.07, 6.45) is 2.46. The molecule has 24 heavy (non-hydrogen) atoms. The van der Waals surface area contributed by atoms with Crippen molar-refractivity contribution in [3.63, 3.8) is 0 Å². The summed E-state index contributed by atoms with van der Waals surface area (Å²) in [5, 5.41) is 18.2. The van der Waals surface area contributed by atoms with Crippen LogP contribution >= 0.6 is 0 Å². The number of carbonyl (C=O) groups is 2. The lowest BCUT2D eigenvalue weighted by Gasteiger charge is -2.34. The first-order valence-electron chi connectivity index (χ1n) is 8.21. The highest BCUT2D eigenvalue weighted by molar-refractivity contribution is 5.88. The minimum absolute atomic E-state index is 0.00173. The monoisotopic (exact) mass is 325 g/mol. The van der Waals surface area contributed by atoms with Gasteiger partial charge in [0.2, 0.25) is 5.91 Å². The fraction of sp³-hybridized carbons (Fsp3) is 0.389. The molecule has 2 aliphatic rings. The Kier molecular flexibility index (Phi) is 3.40. The quantitative estimate of drug-likeness (QED) is 0.756. The largest absolute Gasteiger partial charge is 0.476 e. The first-order chi connectivity index (χ1) is 11.6. The lowest BCUT2D eigenvalue weighted by Crippen LogP contribution is -2.40. The van der Waals surface area contributed by atoms with Crippen LogP contribution in [-0.2, 0) is 11.2 Å². The van der Waals surface area contributed by atoms with Gasteiger partial charge in [-0.05, 0) is 36.3 Å². The number of carbonyl (C=O) groups excluding carboxylic acids is 1. The third-order valence-electron chi connectivity index (χ3n) is 5.41. The number of aromatic nitrogens is 2. The predicted octanol–water partition coefficient (Wildman–Crippen LogP) is 1.96. The maximum absolute atomic E-state index is 12.4. The fourth-order valence-electron chi connectivity index (χ4n) is 3.96. The Labute approximate surface area is 139 Å². The zero-order valence-corrected chi connectivity index (χ0v) is 13.2. The van der Waals surface area contributed by atoms with Crippen LogP contribution in [0.5, 0.6) is 0 Å². The van der Waals surface area contributed by atoms with Crippen LogP contribution in [0.2, 0.25) is 0 Å². The van der Waals surface area contributed by atoms with Crippen molar-refractivity contribution in [1.29, 1.82) is 0 Å². The van der Waals surface area contributed by atoms with Crippen molar-refractivity contribution in [3.05, 3.63) is 53.3 Å². The number of nitrogens with zero attached hydrogens (tertiary/aromatic N) is 1. The van der Waals surface area contributed by atoms with Crippen molar-refractivity contribution in [2.24, 2.45) is 11.3 Å². The molecule has 2 aromatic rings. The molecule has 2 fully saturated rings. The van der Waals surface area contributed by atoms with Gasteiger partial charge in [-0.2, -0.15) is 5.10 Å². The molecule has 0 bridgehead atoms. The summed E-state index contributed by atoms with van der Waals surface area (Å²) in [5.41, 5.74) is 1.90. The second kappa shape index (κ2) is 5.47. The van der Waals surface area contributed by atoms with Gasteiger partial charge in [-0.15, -0.1) is 0 Å². The third kappa shape index (κ3) is 2.38. The molecule has 0 aliphatic heterocycles. The Balaban J connectivity index is 1.27. The van der Waals surface area contributed by atoms with Crippen LogP contribution in [0.3, 0.4) is 0 Å². The van der Waals surface area contributed by atoms with Crippen LogP contribution in [0, 0.1) is 11.3 Å². The third-order valence-corrected chi connectivity index (χ3v) is 5.41. The van der Waals surface area contributed by atoms with Crippen molar-refractivity contribution in [3.8, 4) is 0 Å². The summed E-state index contributed by atoms with van der Waals surface area (Å²) in [7, 11) is 0. The van der Waals surface area contributed by atoms with Gasteiger partial charge in [0.25, 0.3) is 0 Å². The number of benzene rings is 1. The van der Waals surface area contributed by atoms with Crippen LogP contribution in [0.1, 0.15) is 40.5 Å². The number of hydrogen-bond acceptors (Lipinski definition) is 3. The lowest BCUT2D eigenvalue weighted by molar-refractivity contribution is -0.129. The highest BCUT2D eigenvalue weighted by atomic mass is 16.4. The van der Waals surface area contributed by atoms with Crippen LogP contribution in [0.25, 0.3) is 0 Å². The van der Waals surface area contributed by atoms with Crippen molar-refractivity contribution >= 4 is 11.9 Å². The summed E-state index contributed by atoms with van der Waals surface area (Å²) in [6, 6.07) is 11.9. The molecule has 3 N–H and O–H groups in total. The molecule has 1 aromatic carbocycles. The van der Waals surface area contributed by atoms with Gasteiger partial charge >= 0.3 is 5.97 Å².